The molecule has 0 radical (unpaired) electrons. The number of rotatable bonds is 6. The molecule has 2 atom stereocenters. The quantitative estimate of drug-likeness (QED) is 0.764. The molecule has 0 unspecified atom stereocenters. The largest absolute Gasteiger partial charge is 0.490 e. The van der Waals surface area contributed by atoms with Gasteiger partial charge in [0.25, 0.3) is 0 Å². The summed E-state index contributed by atoms with van der Waals surface area (Å²) in [6.45, 7) is 5.58. The van der Waals surface area contributed by atoms with Crippen molar-refractivity contribution in [1.29, 1.82) is 0 Å². The number of likely N-dealkylation sites (N-methyl/N-ethyl adjacent to an activating group) is 1. The minimum atomic E-state index is -0.137. The first-order valence-electron chi connectivity index (χ1n) is 7.18. The third kappa shape index (κ3) is 4.06. The van der Waals surface area contributed by atoms with Gasteiger partial charge in [-0.3, -0.25) is 9.69 Å². The van der Waals surface area contributed by atoms with E-state index in [0.717, 1.165) is 17.9 Å². The number of nitrogens with zero attached hydrogens (tertiary/aromatic N) is 1. The Morgan fingerprint density at radius 1 is 1.52 bits per heavy atom. The van der Waals surface area contributed by atoms with Crippen LogP contribution in [0.3, 0.4) is 0 Å². The molecule has 114 valence electrons. The maximum absolute atomic E-state index is 11.9. The van der Waals surface area contributed by atoms with E-state index in [1.54, 1.807) is 13.1 Å². The van der Waals surface area contributed by atoms with Crippen LogP contribution in [0.15, 0.2) is 36.9 Å². The molecule has 5 heteroatoms. The predicted octanol–water partition coefficient (Wildman–Crippen LogP) is 0.899. The Morgan fingerprint density at radius 2 is 2.24 bits per heavy atom. The fourth-order valence-electron chi connectivity index (χ4n) is 2.63. The second-order valence-electron chi connectivity index (χ2n) is 5.30. The first-order valence-corrected chi connectivity index (χ1v) is 7.18. The third-order valence-corrected chi connectivity index (χ3v) is 3.66. The summed E-state index contributed by atoms with van der Waals surface area (Å²) in [5, 5.41) is 2.71. The van der Waals surface area contributed by atoms with E-state index in [1.165, 1.54) is 0 Å². The van der Waals surface area contributed by atoms with Gasteiger partial charge in [0.1, 0.15) is 12.4 Å². The molecule has 1 heterocycles. The van der Waals surface area contributed by atoms with Crippen molar-refractivity contribution in [3.05, 3.63) is 42.5 Å². The smallest absolute Gasteiger partial charge is 0.237 e. The van der Waals surface area contributed by atoms with Crippen LogP contribution in [0.1, 0.15) is 12.0 Å². The van der Waals surface area contributed by atoms with E-state index in [-0.39, 0.29) is 18.0 Å². The Morgan fingerprint density at radius 3 is 2.86 bits per heavy atom. The van der Waals surface area contributed by atoms with E-state index < -0.39 is 0 Å². The summed E-state index contributed by atoms with van der Waals surface area (Å²) < 4.78 is 5.46. The van der Waals surface area contributed by atoms with Crippen molar-refractivity contribution < 1.29 is 9.53 Å². The maximum Gasteiger partial charge on any atom is 0.237 e. The molecule has 1 aromatic carbocycles. The van der Waals surface area contributed by atoms with Crippen molar-refractivity contribution >= 4 is 5.91 Å². The predicted molar refractivity (Wildman–Crippen MR) is 83.0 cm³/mol. The summed E-state index contributed by atoms with van der Waals surface area (Å²) in [6, 6.07) is 7.82. The molecule has 1 saturated heterocycles. The van der Waals surface area contributed by atoms with E-state index in [2.05, 4.69) is 16.8 Å². The average Bonchev–Trinajstić information content (AvgIpc) is 2.86. The molecule has 1 fully saturated rings. The molecule has 3 N–H and O–H groups in total. The lowest BCUT2D eigenvalue weighted by molar-refractivity contribution is -0.125. The first kappa shape index (κ1) is 15.5. The van der Waals surface area contributed by atoms with Gasteiger partial charge >= 0.3 is 0 Å². The Bertz CT molecular complexity index is 487. The molecule has 21 heavy (non-hydrogen) atoms. The van der Waals surface area contributed by atoms with Crippen molar-refractivity contribution in [2.45, 2.75) is 25.0 Å². The summed E-state index contributed by atoms with van der Waals surface area (Å²) in [5.74, 6) is 0.855. The van der Waals surface area contributed by atoms with Crippen LogP contribution in [0, 0.1) is 0 Å². The molecule has 1 aliphatic rings. The highest BCUT2D eigenvalue weighted by molar-refractivity contribution is 5.81. The number of hydrogen-bond donors (Lipinski definition) is 2. The molecule has 0 saturated carbocycles. The van der Waals surface area contributed by atoms with Crippen LogP contribution in [0.5, 0.6) is 5.75 Å². The standard InChI is InChI=1S/C16H23N3O2/c1-3-8-21-14-6-4-12(5-7-14)10-19-11-13(17)9-15(19)16(20)18-2/h3-7,13,15H,1,8-11,17H2,2H3,(H,18,20)/t13-,15-/m0/s1. The summed E-state index contributed by atoms with van der Waals surface area (Å²) in [4.78, 5) is 14.0. The second kappa shape index (κ2) is 7.24. The number of carbonyl (C=O) groups is 1. The third-order valence-electron chi connectivity index (χ3n) is 3.66. The van der Waals surface area contributed by atoms with Crippen molar-refractivity contribution in [2.24, 2.45) is 5.73 Å². The molecule has 0 aliphatic carbocycles. The van der Waals surface area contributed by atoms with E-state index in [1.807, 2.05) is 24.3 Å². The molecule has 0 spiro atoms. The number of carbonyl (C=O) groups excluding carboxylic acids is 1. The highest BCUT2D eigenvalue weighted by Gasteiger charge is 2.34. The number of amides is 1. The minimum absolute atomic E-state index is 0.0360. The maximum atomic E-state index is 11.9. The van der Waals surface area contributed by atoms with Gasteiger partial charge in [-0.15, -0.1) is 0 Å². The first-order chi connectivity index (χ1) is 10.1. The number of likely N-dealkylation sites (tertiary alicyclic amines) is 1. The summed E-state index contributed by atoms with van der Waals surface area (Å²) in [7, 11) is 1.66. The Labute approximate surface area is 125 Å². The lowest BCUT2D eigenvalue weighted by Crippen LogP contribution is -2.41. The molecule has 0 aromatic heterocycles. The Kier molecular flexibility index (Phi) is 5.36. The zero-order valence-electron chi connectivity index (χ0n) is 12.4. The number of benzene rings is 1. The summed E-state index contributed by atoms with van der Waals surface area (Å²) in [5.41, 5.74) is 7.13. The van der Waals surface area contributed by atoms with Crippen molar-refractivity contribution in [1.82, 2.24) is 10.2 Å². The van der Waals surface area contributed by atoms with E-state index in [9.17, 15) is 4.79 Å². The molecular weight excluding hydrogens is 266 g/mol. The number of hydrogen-bond acceptors (Lipinski definition) is 4. The molecular formula is C16H23N3O2. The topological polar surface area (TPSA) is 67.6 Å². The molecule has 1 aliphatic heterocycles. The fourth-order valence-corrected chi connectivity index (χ4v) is 2.63. The van der Waals surface area contributed by atoms with Crippen LogP contribution < -0.4 is 15.8 Å². The number of ether oxygens (including phenoxy) is 1. The monoisotopic (exact) mass is 289 g/mol. The van der Waals surface area contributed by atoms with Gasteiger partial charge in [-0.25, -0.2) is 0 Å². The minimum Gasteiger partial charge on any atom is -0.490 e. The Balaban J connectivity index is 1.99. The lowest BCUT2D eigenvalue weighted by Gasteiger charge is -2.22. The van der Waals surface area contributed by atoms with Gasteiger partial charge in [-0.05, 0) is 24.1 Å². The zero-order chi connectivity index (χ0) is 15.2. The van der Waals surface area contributed by atoms with Gasteiger partial charge in [-0.1, -0.05) is 24.8 Å². The van der Waals surface area contributed by atoms with E-state index >= 15 is 0 Å². The van der Waals surface area contributed by atoms with Gasteiger partial charge < -0.3 is 15.8 Å². The molecule has 1 aromatic rings. The van der Waals surface area contributed by atoms with E-state index in [0.29, 0.717) is 19.6 Å². The lowest BCUT2D eigenvalue weighted by atomic mass is 10.1. The van der Waals surface area contributed by atoms with Gasteiger partial charge in [-0.2, -0.15) is 0 Å². The van der Waals surface area contributed by atoms with Crippen molar-refractivity contribution in [3.63, 3.8) is 0 Å². The molecule has 2 rings (SSSR count). The normalized spacial score (nSPS) is 22.0. The Hall–Kier alpha value is -1.85. The van der Waals surface area contributed by atoms with Crippen LogP contribution in [0.4, 0.5) is 0 Å². The van der Waals surface area contributed by atoms with Gasteiger partial charge in [0.05, 0.1) is 6.04 Å². The molecule has 5 nitrogen and oxygen atoms in total. The van der Waals surface area contributed by atoms with Crippen LogP contribution in [0.25, 0.3) is 0 Å². The molecule has 1 amide bonds. The zero-order valence-corrected chi connectivity index (χ0v) is 12.4. The number of nitrogens with two attached hydrogens (primary N) is 1. The molecule has 0 bridgehead atoms. The fraction of sp³-hybridized carbons (Fsp3) is 0.438. The highest BCUT2D eigenvalue weighted by atomic mass is 16.5. The SMILES string of the molecule is C=CCOc1ccc(CN2C[C@@H](N)C[C@H]2C(=O)NC)cc1. The van der Waals surface area contributed by atoms with E-state index in [4.69, 9.17) is 10.5 Å². The number of nitrogens with one attached hydrogen (secondary N) is 1. The highest BCUT2D eigenvalue weighted by Crippen LogP contribution is 2.21. The van der Waals surface area contributed by atoms with Gasteiger partial charge in [0.15, 0.2) is 0 Å². The summed E-state index contributed by atoms with van der Waals surface area (Å²) >= 11 is 0. The second-order valence-corrected chi connectivity index (χ2v) is 5.30. The van der Waals surface area contributed by atoms with Gasteiger partial charge in [0.2, 0.25) is 5.91 Å². The van der Waals surface area contributed by atoms with Crippen LogP contribution in [-0.2, 0) is 11.3 Å². The van der Waals surface area contributed by atoms with Crippen molar-refractivity contribution in [2.75, 3.05) is 20.2 Å². The average molecular weight is 289 g/mol. The van der Waals surface area contributed by atoms with Crippen LogP contribution >= 0.6 is 0 Å². The summed E-state index contributed by atoms with van der Waals surface area (Å²) in [6.07, 6.45) is 2.42. The van der Waals surface area contributed by atoms with Gasteiger partial charge in [0, 0.05) is 26.2 Å². The van der Waals surface area contributed by atoms with Crippen LogP contribution in [-0.4, -0.2) is 43.1 Å². The van der Waals surface area contributed by atoms with Crippen LogP contribution in [0.2, 0.25) is 0 Å². The van der Waals surface area contributed by atoms with Crippen molar-refractivity contribution in [3.8, 4) is 5.75 Å².